The fraction of sp³-hybridized carbons (Fsp3) is 1.00. The van der Waals surface area contributed by atoms with Gasteiger partial charge >= 0.3 is 0 Å². The summed E-state index contributed by atoms with van der Waals surface area (Å²) in [5, 5.41) is 10.00. The lowest BCUT2D eigenvalue weighted by molar-refractivity contribution is -0.124. The molecule has 6 atom stereocenters. The number of hydrogen-bond donors (Lipinski definition) is 1. The molecular formula is C11H18O. The molecule has 12 heavy (non-hydrogen) atoms. The Labute approximate surface area is 74.2 Å². The van der Waals surface area contributed by atoms with Gasteiger partial charge in [-0.1, -0.05) is 6.92 Å². The van der Waals surface area contributed by atoms with Crippen molar-refractivity contribution in [1.82, 2.24) is 0 Å². The molecule has 1 nitrogen and oxygen atoms in total. The van der Waals surface area contributed by atoms with E-state index in [1.54, 1.807) is 0 Å². The first-order valence-corrected chi connectivity index (χ1v) is 5.43. The summed E-state index contributed by atoms with van der Waals surface area (Å²) < 4.78 is 0. The van der Waals surface area contributed by atoms with Crippen LogP contribution >= 0.6 is 0 Å². The number of aliphatic hydroxyl groups excluding tert-OH is 1. The molecule has 4 aliphatic carbocycles. The normalized spacial score (nSPS) is 62.5. The predicted molar refractivity (Wildman–Crippen MR) is 47.6 cm³/mol. The molecule has 0 radical (unpaired) electrons. The molecule has 6 unspecified atom stereocenters. The van der Waals surface area contributed by atoms with E-state index in [2.05, 4.69) is 6.92 Å². The van der Waals surface area contributed by atoms with Gasteiger partial charge in [0, 0.05) is 0 Å². The van der Waals surface area contributed by atoms with E-state index in [1.165, 1.54) is 25.7 Å². The summed E-state index contributed by atoms with van der Waals surface area (Å²) in [6.45, 7) is 2.36. The monoisotopic (exact) mass is 166 g/mol. The predicted octanol–water partition coefficient (Wildman–Crippen LogP) is 2.05. The minimum atomic E-state index is 0.0628. The van der Waals surface area contributed by atoms with Crippen LogP contribution in [0.4, 0.5) is 0 Å². The first kappa shape index (κ1) is 7.37. The van der Waals surface area contributed by atoms with Crippen molar-refractivity contribution in [3.05, 3.63) is 0 Å². The lowest BCUT2D eigenvalue weighted by Gasteiger charge is -2.56. The van der Waals surface area contributed by atoms with Crippen LogP contribution in [0.15, 0.2) is 0 Å². The van der Waals surface area contributed by atoms with Crippen LogP contribution in [0.1, 0.15) is 32.6 Å². The van der Waals surface area contributed by atoms with Gasteiger partial charge in [-0.15, -0.1) is 0 Å². The van der Waals surface area contributed by atoms with E-state index in [0.29, 0.717) is 11.8 Å². The summed E-state index contributed by atoms with van der Waals surface area (Å²) in [6.07, 6.45) is 5.53. The average molecular weight is 166 g/mol. The van der Waals surface area contributed by atoms with Crippen LogP contribution in [0.25, 0.3) is 0 Å². The molecule has 0 heterocycles. The van der Waals surface area contributed by atoms with Crippen molar-refractivity contribution in [2.24, 2.45) is 29.6 Å². The Morgan fingerprint density at radius 2 is 1.75 bits per heavy atom. The molecule has 0 spiro atoms. The zero-order valence-electron chi connectivity index (χ0n) is 7.74. The maximum absolute atomic E-state index is 10.00. The number of aliphatic hydroxyl groups is 1. The molecule has 0 aromatic heterocycles. The Bertz CT molecular complexity index is 183. The standard InChI is InChI=1S/C11H18O/c1-6-8-2-7-3-9(5-8)11(12)10(6)4-7/h6-12H,2-5H2,1H3. The molecule has 4 rings (SSSR count). The van der Waals surface area contributed by atoms with Crippen LogP contribution in [0, 0.1) is 29.6 Å². The van der Waals surface area contributed by atoms with E-state index < -0.39 is 0 Å². The van der Waals surface area contributed by atoms with E-state index in [-0.39, 0.29) is 6.10 Å². The highest BCUT2D eigenvalue weighted by Crippen LogP contribution is 2.56. The molecule has 0 aliphatic heterocycles. The van der Waals surface area contributed by atoms with Gasteiger partial charge in [-0.05, 0) is 55.3 Å². The van der Waals surface area contributed by atoms with Crippen molar-refractivity contribution in [2.75, 3.05) is 0 Å². The van der Waals surface area contributed by atoms with Crippen molar-refractivity contribution in [3.8, 4) is 0 Å². The fourth-order valence-corrected chi connectivity index (χ4v) is 4.18. The highest BCUT2D eigenvalue weighted by atomic mass is 16.3. The Balaban J connectivity index is 1.93. The van der Waals surface area contributed by atoms with Gasteiger partial charge in [0.15, 0.2) is 0 Å². The molecule has 1 N–H and O–H groups in total. The minimum absolute atomic E-state index is 0.0628. The van der Waals surface area contributed by atoms with Gasteiger partial charge in [-0.25, -0.2) is 0 Å². The van der Waals surface area contributed by atoms with Gasteiger partial charge in [0.25, 0.3) is 0 Å². The molecule has 1 heteroatoms. The smallest absolute Gasteiger partial charge is 0.0599 e. The molecule has 4 saturated carbocycles. The van der Waals surface area contributed by atoms with E-state index in [4.69, 9.17) is 0 Å². The molecule has 4 fully saturated rings. The van der Waals surface area contributed by atoms with E-state index >= 15 is 0 Å². The third kappa shape index (κ3) is 0.783. The van der Waals surface area contributed by atoms with E-state index in [1.807, 2.05) is 0 Å². The summed E-state index contributed by atoms with van der Waals surface area (Å²) in [4.78, 5) is 0. The summed E-state index contributed by atoms with van der Waals surface area (Å²) in [6, 6.07) is 0. The van der Waals surface area contributed by atoms with Crippen molar-refractivity contribution >= 4 is 0 Å². The topological polar surface area (TPSA) is 20.2 Å². The maximum atomic E-state index is 10.00. The van der Waals surface area contributed by atoms with Gasteiger partial charge < -0.3 is 5.11 Å². The van der Waals surface area contributed by atoms with Crippen LogP contribution in [0.3, 0.4) is 0 Å². The van der Waals surface area contributed by atoms with Gasteiger partial charge in [-0.3, -0.25) is 0 Å². The first-order chi connectivity index (χ1) is 5.75. The van der Waals surface area contributed by atoms with Crippen LogP contribution in [0.2, 0.25) is 0 Å². The third-order valence-electron chi connectivity index (χ3n) is 4.82. The Morgan fingerprint density at radius 3 is 2.58 bits per heavy atom. The quantitative estimate of drug-likeness (QED) is 0.584. The maximum Gasteiger partial charge on any atom is 0.0599 e. The van der Waals surface area contributed by atoms with Gasteiger partial charge in [0.05, 0.1) is 6.10 Å². The summed E-state index contributed by atoms with van der Waals surface area (Å²) in [5.41, 5.74) is 0. The summed E-state index contributed by atoms with van der Waals surface area (Å²) in [7, 11) is 0. The Morgan fingerprint density at radius 1 is 1.00 bits per heavy atom. The molecule has 0 amide bonds. The number of rotatable bonds is 0. The van der Waals surface area contributed by atoms with Crippen molar-refractivity contribution in [2.45, 2.75) is 38.7 Å². The molecule has 0 aromatic carbocycles. The third-order valence-corrected chi connectivity index (χ3v) is 4.82. The average Bonchev–Trinajstić information content (AvgIpc) is 2.07. The molecule has 4 aliphatic rings. The first-order valence-electron chi connectivity index (χ1n) is 5.43. The van der Waals surface area contributed by atoms with Crippen molar-refractivity contribution < 1.29 is 5.11 Å². The summed E-state index contributed by atoms with van der Waals surface area (Å²) in [5.74, 6) is 4.12. The second kappa shape index (κ2) is 2.25. The van der Waals surface area contributed by atoms with Gasteiger partial charge in [0.2, 0.25) is 0 Å². The highest BCUT2D eigenvalue weighted by Gasteiger charge is 2.51. The van der Waals surface area contributed by atoms with Crippen LogP contribution < -0.4 is 0 Å². The molecular weight excluding hydrogens is 148 g/mol. The molecule has 0 aromatic rings. The lowest BCUT2D eigenvalue weighted by Crippen LogP contribution is -2.52. The van der Waals surface area contributed by atoms with Crippen LogP contribution in [0.5, 0.6) is 0 Å². The van der Waals surface area contributed by atoms with Gasteiger partial charge in [-0.2, -0.15) is 0 Å². The summed E-state index contributed by atoms with van der Waals surface area (Å²) >= 11 is 0. The van der Waals surface area contributed by atoms with E-state index in [9.17, 15) is 5.11 Å². The zero-order chi connectivity index (χ0) is 8.29. The molecule has 0 saturated heterocycles. The Hall–Kier alpha value is -0.0400. The fourth-order valence-electron chi connectivity index (χ4n) is 4.18. The molecule has 4 bridgehead atoms. The second-order valence-electron chi connectivity index (χ2n) is 5.34. The minimum Gasteiger partial charge on any atom is -0.393 e. The largest absolute Gasteiger partial charge is 0.393 e. The van der Waals surface area contributed by atoms with Crippen molar-refractivity contribution in [3.63, 3.8) is 0 Å². The second-order valence-corrected chi connectivity index (χ2v) is 5.34. The lowest BCUT2D eigenvalue weighted by atomic mass is 9.51. The SMILES string of the molecule is CC1C2CC3CC(C2)C(O)C1C3. The highest BCUT2D eigenvalue weighted by molar-refractivity contribution is 5.01. The van der Waals surface area contributed by atoms with E-state index in [0.717, 1.165) is 17.8 Å². The van der Waals surface area contributed by atoms with Gasteiger partial charge in [0.1, 0.15) is 0 Å². The van der Waals surface area contributed by atoms with Crippen LogP contribution in [-0.2, 0) is 0 Å². The molecule has 68 valence electrons. The van der Waals surface area contributed by atoms with Crippen LogP contribution in [-0.4, -0.2) is 11.2 Å². The zero-order valence-corrected chi connectivity index (χ0v) is 7.74. The Kier molecular flexibility index (Phi) is 1.39. The number of hydrogen-bond acceptors (Lipinski definition) is 1. The van der Waals surface area contributed by atoms with Crippen molar-refractivity contribution in [1.29, 1.82) is 0 Å².